The van der Waals surface area contributed by atoms with Crippen LogP contribution in [-0.4, -0.2) is 40.6 Å². The Bertz CT molecular complexity index is 305. The van der Waals surface area contributed by atoms with Gasteiger partial charge < -0.3 is 15.3 Å². The number of carboxylic acids is 1. The van der Waals surface area contributed by atoms with E-state index in [0.717, 1.165) is 25.7 Å². The lowest BCUT2D eigenvalue weighted by atomic mass is 9.99. The van der Waals surface area contributed by atoms with Crippen molar-refractivity contribution in [3.8, 4) is 0 Å². The largest absolute Gasteiger partial charge is 0.480 e. The molecule has 5 nitrogen and oxygen atoms in total. The number of carbonyl (C=O) groups excluding carboxylic acids is 1. The van der Waals surface area contributed by atoms with Crippen molar-refractivity contribution in [2.75, 3.05) is 6.54 Å². The van der Waals surface area contributed by atoms with Crippen molar-refractivity contribution >= 4 is 12.0 Å². The molecule has 2 atom stereocenters. The average molecular weight is 286 g/mol. The first-order valence-corrected chi connectivity index (χ1v) is 7.65. The molecule has 0 saturated carbocycles. The van der Waals surface area contributed by atoms with E-state index in [4.69, 9.17) is 0 Å². The predicted octanol–water partition coefficient (Wildman–Crippen LogP) is 3.10. The fraction of sp³-hybridized carbons (Fsp3) is 0.867. The highest BCUT2D eigenvalue weighted by Gasteiger charge is 2.28. The van der Waals surface area contributed by atoms with Gasteiger partial charge >= 0.3 is 12.0 Å². The number of nitrogens with zero attached hydrogens (tertiary/aromatic N) is 1. The number of carbonyl (C=O) groups is 2. The molecule has 0 fully saturated rings. The Morgan fingerprint density at radius 3 is 2.15 bits per heavy atom. The van der Waals surface area contributed by atoms with Crippen LogP contribution in [0.1, 0.15) is 60.3 Å². The van der Waals surface area contributed by atoms with Crippen LogP contribution in [0.4, 0.5) is 4.79 Å². The molecule has 0 unspecified atom stereocenters. The van der Waals surface area contributed by atoms with Gasteiger partial charge in [-0.3, -0.25) is 0 Å². The van der Waals surface area contributed by atoms with Crippen LogP contribution in [0.5, 0.6) is 0 Å². The smallest absolute Gasteiger partial charge is 0.326 e. The first-order chi connectivity index (χ1) is 9.34. The summed E-state index contributed by atoms with van der Waals surface area (Å²) in [5.41, 5.74) is 0. The maximum atomic E-state index is 12.3. The third-order valence-corrected chi connectivity index (χ3v) is 3.64. The number of rotatable bonds is 9. The van der Waals surface area contributed by atoms with Crippen molar-refractivity contribution in [2.24, 2.45) is 5.92 Å². The summed E-state index contributed by atoms with van der Waals surface area (Å²) in [6, 6.07) is -1.03. The minimum absolute atomic E-state index is 0.0678. The van der Waals surface area contributed by atoms with Crippen LogP contribution in [0.3, 0.4) is 0 Å². The van der Waals surface area contributed by atoms with E-state index in [0.29, 0.717) is 6.54 Å². The van der Waals surface area contributed by atoms with Crippen molar-refractivity contribution in [2.45, 2.75) is 72.4 Å². The molecule has 0 radical (unpaired) electrons. The monoisotopic (exact) mass is 286 g/mol. The van der Waals surface area contributed by atoms with E-state index in [9.17, 15) is 14.7 Å². The van der Waals surface area contributed by atoms with Crippen LogP contribution in [0.25, 0.3) is 0 Å². The maximum absolute atomic E-state index is 12.3. The Balaban J connectivity index is 4.67. The first-order valence-electron chi connectivity index (χ1n) is 7.65. The molecule has 2 amide bonds. The van der Waals surface area contributed by atoms with E-state index in [2.05, 4.69) is 12.2 Å². The number of hydrogen-bond acceptors (Lipinski definition) is 2. The Morgan fingerprint density at radius 2 is 1.75 bits per heavy atom. The maximum Gasteiger partial charge on any atom is 0.326 e. The average Bonchev–Trinajstić information content (AvgIpc) is 2.39. The molecule has 0 aliphatic carbocycles. The fourth-order valence-corrected chi connectivity index (χ4v) is 2.03. The van der Waals surface area contributed by atoms with Crippen LogP contribution >= 0.6 is 0 Å². The molecule has 0 aromatic carbocycles. The van der Waals surface area contributed by atoms with Gasteiger partial charge in [-0.2, -0.15) is 0 Å². The summed E-state index contributed by atoms with van der Waals surface area (Å²) < 4.78 is 0. The van der Waals surface area contributed by atoms with Gasteiger partial charge in [-0.25, -0.2) is 9.59 Å². The molecule has 0 aromatic rings. The highest BCUT2D eigenvalue weighted by Crippen LogP contribution is 2.10. The molecule has 20 heavy (non-hydrogen) atoms. The Hall–Kier alpha value is -1.26. The Morgan fingerprint density at radius 1 is 1.15 bits per heavy atom. The minimum Gasteiger partial charge on any atom is -0.480 e. The Kier molecular flexibility index (Phi) is 9.01. The number of aliphatic carboxylic acids is 1. The molecular formula is C15H30N2O3. The summed E-state index contributed by atoms with van der Waals surface area (Å²) in [7, 11) is 0. The lowest BCUT2D eigenvalue weighted by Crippen LogP contribution is -2.52. The van der Waals surface area contributed by atoms with Crippen molar-refractivity contribution in [3.63, 3.8) is 0 Å². The molecule has 0 aromatic heterocycles. The first kappa shape index (κ1) is 18.7. The zero-order valence-electron chi connectivity index (χ0n) is 13.5. The summed E-state index contributed by atoms with van der Waals surface area (Å²) >= 11 is 0. The van der Waals surface area contributed by atoms with Crippen molar-refractivity contribution < 1.29 is 14.7 Å². The van der Waals surface area contributed by atoms with E-state index in [-0.39, 0.29) is 18.0 Å². The zero-order chi connectivity index (χ0) is 15.7. The third kappa shape index (κ3) is 6.26. The molecule has 0 aliphatic heterocycles. The highest BCUT2D eigenvalue weighted by molar-refractivity contribution is 5.82. The zero-order valence-corrected chi connectivity index (χ0v) is 13.5. The van der Waals surface area contributed by atoms with Crippen molar-refractivity contribution in [1.82, 2.24) is 10.2 Å². The molecule has 2 N–H and O–H groups in total. The molecule has 0 heterocycles. The summed E-state index contributed by atoms with van der Waals surface area (Å²) in [5.74, 6) is -1.05. The minimum atomic E-state index is -0.968. The molecule has 0 rings (SSSR count). The topological polar surface area (TPSA) is 69.6 Å². The second-order valence-corrected chi connectivity index (χ2v) is 5.65. The van der Waals surface area contributed by atoms with Crippen LogP contribution in [0, 0.1) is 5.92 Å². The summed E-state index contributed by atoms with van der Waals surface area (Å²) in [6.07, 6.45) is 3.83. The van der Waals surface area contributed by atoms with Crippen LogP contribution < -0.4 is 5.32 Å². The SMILES string of the molecule is CCCCCN(C(=O)N[C@H](C(=O)O)[C@@H](C)CC)C(C)C. The third-order valence-electron chi connectivity index (χ3n) is 3.64. The van der Waals surface area contributed by atoms with Crippen LogP contribution in [0.2, 0.25) is 0 Å². The van der Waals surface area contributed by atoms with Gasteiger partial charge in [-0.05, 0) is 26.2 Å². The molecule has 0 saturated heterocycles. The summed E-state index contributed by atoms with van der Waals surface area (Å²) in [4.78, 5) is 25.2. The van der Waals surface area contributed by atoms with Gasteiger partial charge in [0.25, 0.3) is 0 Å². The normalized spacial score (nSPS) is 13.9. The predicted molar refractivity (Wildman–Crippen MR) is 80.8 cm³/mol. The van der Waals surface area contributed by atoms with E-state index < -0.39 is 12.0 Å². The van der Waals surface area contributed by atoms with Gasteiger partial charge in [0.05, 0.1) is 0 Å². The number of hydrogen-bond donors (Lipinski definition) is 2. The van der Waals surface area contributed by atoms with Gasteiger partial charge in [-0.15, -0.1) is 0 Å². The second kappa shape index (κ2) is 9.61. The quantitative estimate of drug-likeness (QED) is 0.640. The fourth-order valence-electron chi connectivity index (χ4n) is 2.03. The number of nitrogens with one attached hydrogen (secondary N) is 1. The molecule has 5 heteroatoms. The molecule has 0 aliphatic rings. The van der Waals surface area contributed by atoms with E-state index in [1.807, 2.05) is 27.7 Å². The second-order valence-electron chi connectivity index (χ2n) is 5.65. The molecular weight excluding hydrogens is 256 g/mol. The standard InChI is InChI=1S/C15H30N2O3/c1-6-8-9-10-17(11(3)4)15(20)16-13(14(18)19)12(5)7-2/h11-13H,6-10H2,1-5H3,(H,16,20)(H,18,19)/t12-,13-/m0/s1. The van der Waals surface area contributed by atoms with Crippen molar-refractivity contribution in [3.05, 3.63) is 0 Å². The number of amides is 2. The number of carboxylic acid groups (broad SMARTS) is 1. The lowest BCUT2D eigenvalue weighted by molar-refractivity contribution is -0.140. The van der Waals surface area contributed by atoms with E-state index in [1.165, 1.54) is 0 Å². The van der Waals surface area contributed by atoms with Gasteiger partial charge in [0, 0.05) is 12.6 Å². The van der Waals surface area contributed by atoms with E-state index >= 15 is 0 Å². The molecule has 0 bridgehead atoms. The molecule has 0 spiro atoms. The van der Waals surface area contributed by atoms with E-state index in [1.54, 1.807) is 4.90 Å². The van der Waals surface area contributed by atoms with Gasteiger partial charge in [0.2, 0.25) is 0 Å². The van der Waals surface area contributed by atoms with Gasteiger partial charge in [0.1, 0.15) is 6.04 Å². The van der Waals surface area contributed by atoms with Crippen LogP contribution in [0.15, 0.2) is 0 Å². The molecule has 118 valence electrons. The van der Waals surface area contributed by atoms with Gasteiger partial charge in [-0.1, -0.05) is 40.0 Å². The lowest BCUT2D eigenvalue weighted by Gasteiger charge is -2.30. The van der Waals surface area contributed by atoms with Crippen molar-refractivity contribution in [1.29, 1.82) is 0 Å². The summed E-state index contributed by atoms with van der Waals surface area (Å²) in [5, 5.41) is 11.9. The van der Waals surface area contributed by atoms with Crippen LogP contribution in [-0.2, 0) is 4.79 Å². The van der Waals surface area contributed by atoms with Gasteiger partial charge in [0.15, 0.2) is 0 Å². The summed E-state index contributed by atoms with van der Waals surface area (Å²) in [6.45, 7) is 10.5. The highest BCUT2D eigenvalue weighted by atomic mass is 16.4. The number of urea groups is 1. The number of unbranched alkanes of at least 4 members (excludes halogenated alkanes) is 2. The Labute approximate surface area is 122 Å².